The number of hydrogen-bond acceptors (Lipinski definition) is 2. The van der Waals surface area contributed by atoms with Crippen LogP contribution < -0.4 is 4.90 Å². The average molecular weight is 256 g/mol. The summed E-state index contributed by atoms with van der Waals surface area (Å²) in [7, 11) is 2.08. The van der Waals surface area contributed by atoms with Crippen LogP contribution in [-0.4, -0.2) is 18.2 Å². The molecule has 0 saturated carbocycles. The van der Waals surface area contributed by atoms with E-state index in [0.29, 0.717) is 11.8 Å². The third-order valence-electron chi connectivity index (χ3n) is 3.06. The van der Waals surface area contributed by atoms with Crippen molar-refractivity contribution in [2.24, 2.45) is 0 Å². The van der Waals surface area contributed by atoms with Crippen LogP contribution in [0.1, 0.15) is 18.9 Å². The molecular formula is C11H14BrNO. The Labute approximate surface area is 92.7 Å². The van der Waals surface area contributed by atoms with Gasteiger partial charge in [-0.05, 0) is 47.8 Å². The quantitative estimate of drug-likeness (QED) is 0.771. The molecular weight excluding hydrogens is 242 g/mol. The zero-order valence-corrected chi connectivity index (χ0v) is 10.0. The Morgan fingerprint density at radius 2 is 2.21 bits per heavy atom. The minimum atomic E-state index is 0.404. The van der Waals surface area contributed by atoms with Crippen LogP contribution in [0.5, 0.6) is 5.75 Å². The first-order chi connectivity index (χ1) is 6.61. The summed E-state index contributed by atoms with van der Waals surface area (Å²) >= 11 is 3.34. The first kappa shape index (κ1) is 9.84. The molecule has 0 fully saturated rings. The second kappa shape index (κ2) is 3.46. The van der Waals surface area contributed by atoms with Crippen LogP contribution in [0.15, 0.2) is 16.6 Å². The number of benzene rings is 1. The molecule has 0 saturated heterocycles. The van der Waals surface area contributed by atoms with Crippen molar-refractivity contribution in [1.82, 2.24) is 0 Å². The lowest BCUT2D eigenvalue weighted by Crippen LogP contribution is -2.33. The van der Waals surface area contributed by atoms with Crippen molar-refractivity contribution >= 4 is 21.6 Å². The van der Waals surface area contributed by atoms with Crippen LogP contribution in [0.2, 0.25) is 0 Å². The van der Waals surface area contributed by atoms with Gasteiger partial charge in [0.1, 0.15) is 5.75 Å². The van der Waals surface area contributed by atoms with E-state index in [2.05, 4.69) is 40.9 Å². The number of anilines is 1. The van der Waals surface area contributed by atoms with Crippen molar-refractivity contribution in [2.45, 2.75) is 25.8 Å². The molecule has 1 aliphatic rings. The number of phenols is 1. The van der Waals surface area contributed by atoms with Gasteiger partial charge in [-0.2, -0.15) is 0 Å². The molecule has 1 N–H and O–H groups in total. The molecule has 14 heavy (non-hydrogen) atoms. The van der Waals surface area contributed by atoms with Crippen LogP contribution in [0.3, 0.4) is 0 Å². The number of hydrogen-bond donors (Lipinski definition) is 1. The van der Waals surface area contributed by atoms with Crippen LogP contribution in [0.25, 0.3) is 0 Å². The van der Waals surface area contributed by atoms with Gasteiger partial charge in [0.2, 0.25) is 0 Å². The summed E-state index contributed by atoms with van der Waals surface area (Å²) in [6, 6.07) is 4.53. The molecule has 3 heteroatoms. The predicted octanol–water partition coefficient (Wildman–Crippen LogP) is 2.93. The molecule has 1 aromatic carbocycles. The summed E-state index contributed by atoms with van der Waals surface area (Å²) < 4.78 is 0.791. The van der Waals surface area contributed by atoms with E-state index in [0.717, 1.165) is 28.6 Å². The minimum absolute atomic E-state index is 0.404. The van der Waals surface area contributed by atoms with Gasteiger partial charge in [-0.25, -0.2) is 0 Å². The molecule has 76 valence electrons. The van der Waals surface area contributed by atoms with Gasteiger partial charge in [0.05, 0.1) is 4.47 Å². The summed E-state index contributed by atoms with van der Waals surface area (Å²) in [5, 5.41) is 9.87. The highest BCUT2D eigenvalue weighted by atomic mass is 79.9. The Hall–Kier alpha value is -0.700. The monoisotopic (exact) mass is 255 g/mol. The maximum Gasteiger partial charge on any atom is 0.135 e. The SMILES string of the molecule is CC1CCc2c(ccc(Br)c2O)N1C. The molecule has 0 bridgehead atoms. The first-order valence-corrected chi connectivity index (χ1v) is 5.63. The second-order valence-electron chi connectivity index (χ2n) is 3.89. The van der Waals surface area contributed by atoms with E-state index in [9.17, 15) is 5.11 Å². The van der Waals surface area contributed by atoms with Gasteiger partial charge in [-0.15, -0.1) is 0 Å². The van der Waals surface area contributed by atoms with E-state index in [1.807, 2.05) is 6.07 Å². The Balaban J connectivity index is 2.53. The van der Waals surface area contributed by atoms with E-state index >= 15 is 0 Å². The van der Waals surface area contributed by atoms with Gasteiger partial charge >= 0.3 is 0 Å². The summed E-state index contributed by atoms with van der Waals surface area (Å²) in [5.74, 6) is 0.404. The topological polar surface area (TPSA) is 23.5 Å². The van der Waals surface area contributed by atoms with Crippen LogP contribution >= 0.6 is 15.9 Å². The van der Waals surface area contributed by atoms with Crippen molar-refractivity contribution in [3.8, 4) is 5.75 Å². The van der Waals surface area contributed by atoms with Gasteiger partial charge in [-0.3, -0.25) is 0 Å². The third-order valence-corrected chi connectivity index (χ3v) is 3.70. The first-order valence-electron chi connectivity index (χ1n) is 4.84. The van der Waals surface area contributed by atoms with E-state index in [1.165, 1.54) is 0 Å². The molecule has 1 aliphatic heterocycles. The molecule has 0 spiro atoms. The van der Waals surface area contributed by atoms with E-state index in [4.69, 9.17) is 0 Å². The highest BCUT2D eigenvalue weighted by molar-refractivity contribution is 9.10. The van der Waals surface area contributed by atoms with Gasteiger partial charge in [0.25, 0.3) is 0 Å². The van der Waals surface area contributed by atoms with Crippen molar-refractivity contribution in [1.29, 1.82) is 0 Å². The van der Waals surface area contributed by atoms with Crippen LogP contribution in [0, 0.1) is 0 Å². The molecule has 1 atom stereocenters. The summed E-state index contributed by atoms with van der Waals surface area (Å²) in [6.45, 7) is 2.21. The lowest BCUT2D eigenvalue weighted by Gasteiger charge is -2.34. The molecule has 1 heterocycles. The van der Waals surface area contributed by atoms with Crippen LogP contribution in [-0.2, 0) is 6.42 Å². The molecule has 0 amide bonds. The lowest BCUT2D eigenvalue weighted by atomic mass is 9.96. The minimum Gasteiger partial charge on any atom is -0.506 e. The Bertz CT molecular complexity index is 365. The van der Waals surface area contributed by atoms with Crippen molar-refractivity contribution in [3.05, 3.63) is 22.2 Å². The Morgan fingerprint density at radius 1 is 1.50 bits per heavy atom. The largest absolute Gasteiger partial charge is 0.506 e. The fourth-order valence-corrected chi connectivity index (χ4v) is 2.33. The Morgan fingerprint density at radius 3 is 2.93 bits per heavy atom. The molecule has 2 rings (SSSR count). The van der Waals surface area contributed by atoms with E-state index in [-0.39, 0.29) is 0 Å². The molecule has 1 aromatic rings. The normalized spacial score (nSPS) is 20.8. The van der Waals surface area contributed by atoms with Gasteiger partial charge in [0, 0.05) is 24.3 Å². The van der Waals surface area contributed by atoms with Gasteiger partial charge in [0.15, 0.2) is 0 Å². The van der Waals surface area contributed by atoms with Crippen LogP contribution in [0.4, 0.5) is 5.69 Å². The molecule has 0 radical (unpaired) electrons. The van der Waals surface area contributed by atoms with Crippen molar-refractivity contribution in [2.75, 3.05) is 11.9 Å². The van der Waals surface area contributed by atoms with Crippen molar-refractivity contribution < 1.29 is 5.11 Å². The van der Waals surface area contributed by atoms with Gasteiger partial charge < -0.3 is 10.0 Å². The third kappa shape index (κ3) is 1.40. The van der Waals surface area contributed by atoms with E-state index < -0.39 is 0 Å². The fourth-order valence-electron chi connectivity index (χ4n) is 1.96. The van der Waals surface area contributed by atoms with E-state index in [1.54, 1.807) is 0 Å². The zero-order chi connectivity index (χ0) is 10.3. The number of halogens is 1. The maximum absolute atomic E-state index is 9.87. The number of phenolic OH excluding ortho intramolecular Hbond substituents is 1. The molecule has 1 unspecified atom stereocenters. The average Bonchev–Trinajstić information content (AvgIpc) is 2.17. The van der Waals surface area contributed by atoms with Crippen molar-refractivity contribution in [3.63, 3.8) is 0 Å². The highest BCUT2D eigenvalue weighted by Gasteiger charge is 2.22. The lowest BCUT2D eigenvalue weighted by molar-refractivity contribution is 0.457. The molecule has 0 aromatic heterocycles. The number of rotatable bonds is 0. The van der Waals surface area contributed by atoms with Gasteiger partial charge in [-0.1, -0.05) is 0 Å². The summed E-state index contributed by atoms with van der Waals surface area (Å²) in [4.78, 5) is 2.23. The second-order valence-corrected chi connectivity index (χ2v) is 4.75. The fraction of sp³-hybridized carbons (Fsp3) is 0.455. The summed E-state index contributed by atoms with van der Waals surface area (Å²) in [6.07, 6.45) is 2.07. The summed E-state index contributed by atoms with van der Waals surface area (Å²) in [5.41, 5.74) is 2.23. The number of aromatic hydroxyl groups is 1. The predicted molar refractivity (Wildman–Crippen MR) is 62.0 cm³/mol. The highest BCUT2D eigenvalue weighted by Crippen LogP contribution is 2.39. The standard InChI is InChI=1S/C11H14BrNO/c1-7-3-4-8-10(13(7)2)6-5-9(12)11(8)14/h5-7,14H,3-4H2,1-2H3. The zero-order valence-electron chi connectivity index (χ0n) is 8.42. The smallest absolute Gasteiger partial charge is 0.135 e. The Kier molecular flexibility index (Phi) is 2.43. The molecule has 2 nitrogen and oxygen atoms in total. The number of fused-ring (bicyclic) bond motifs is 1. The number of nitrogens with zero attached hydrogens (tertiary/aromatic N) is 1. The molecule has 0 aliphatic carbocycles. The maximum atomic E-state index is 9.87.